The van der Waals surface area contributed by atoms with E-state index in [-0.39, 0.29) is 5.69 Å². The summed E-state index contributed by atoms with van der Waals surface area (Å²) in [5, 5.41) is 14.8. The van der Waals surface area contributed by atoms with Crippen molar-refractivity contribution in [2.24, 2.45) is 0 Å². The predicted octanol–water partition coefficient (Wildman–Crippen LogP) is 2.13. The monoisotopic (exact) mass is 282 g/mol. The summed E-state index contributed by atoms with van der Waals surface area (Å²) in [6.45, 7) is 0. The van der Waals surface area contributed by atoms with Crippen LogP contribution in [0, 0.1) is 10.1 Å². The van der Waals surface area contributed by atoms with Crippen molar-refractivity contribution >= 4 is 27.4 Å². The van der Waals surface area contributed by atoms with Crippen LogP contribution in [0.3, 0.4) is 0 Å². The summed E-state index contributed by atoms with van der Waals surface area (Å²) in [5.41, 5.74) is 5.95. The molecule has 0 unspecified atom stereocenters. The van der Waals surface area contributed by atoms with Gasteiger partial charge in [0.25, 0.3) is 5.69 Å². The molecular formula is C9H7BrN4O2. The summed E-state index contributed by atoms with van der Waals surface area (Å²) in [6.07, 6.45) is 1.49. The highest BCUT2D eigenvalue weighted by Crippen LogP contribution is 2.27. The van der Waals surface area contributed by atoms with E-state index in [0.717, 1.165) is 4.47 Å². The molecule has 82 valence electrons. The summed E-state index contributed by atoms with van der Waals surface area (Å²) in [7, 11) is 0. The molecule has 1 heterocycles. The SMILES string of the molecule is Nc1ccnn1-c1cc(Br)ccc1[N+](=O)[O-]. The van der Waals surface area contributed by atoms with E-state index < -0.39 is 4.92 Å². The number of hydrogen-bond acceptors (Lipinski definition) is 4. The number of nitro groups is 1. The number of anilines is 1. The summed E-state index contributed by atoms with van der Waals surface area (Å²) < 4.78 is 2.05. The fraction of sp³-hybridized carbons (Fsp3) is 0. The topological polar surface area (TPSA) is 87.0 Å². The third kappa shape index (κ3) is 1.76. The third-order valence-corrected chi connectivity index (χ3v) is 2.53. The molecule has 0 saturated carbocycles. The Morgan fingerprint density at radius 1 is 1.44 bits per heavy atom. The Balaban J connectivity index is 2.67. The quantitative estimate of drug-likeness (QED) is 0.675. The van der Waals surface area contributed by atoms with Gasteiger partial charge in [0.05, 0.1) is 11.1 Å². The van der Waals surface area contributed by atoms with Crippen LogP contribution in [0.5, 0.6) is 0 Å². The molecule has 6 nitrogen and oxygen atoms in total. The van der Waals surface area contributed by atoms with Gasteiger partial charge in [0.15, 0.2) is 0 Å². The minimum Gasteiger partial charge on any atom is -0.384 e. The maximum absolute atomic E-state index is 10.8. The van der Waals surface area contributed by atoms with Crippen LogP contribution < -0.4 is 5.73 Å². The van der Waals surface area contributed by atoms with Crippen molar-refractivity contribution in [1.82, 2.24) is 9.78 Å². The molecule has 1 aromatic heterocycles. The lowest BCUT2D eigenvalue weighted by Gasteiger charge is -2.05. The second kappa shape index (κ2) is 3.93. The van der Waals surface area contributed by atoms with Crippen LogP contribution >= 0.6 is 15.9 Å². The molecule has 0 atom stereocenters. The number of aromatic nitrogens is 2. The van der Waals surface area contributed by atoms with E-state index in [2.05, 4.69) is 21.0 Å². The lowest BCUT2D eigenvalue weighted by atomic mass is 10.3. The first-order chi connectivity index (χ1) is 7.59. The van der Waals surface area contributed by atoms with Crippen molar-refractivity contribution in [3.63, 3.8) is 0 Å². The van der Waals surface area contributed by atoms with E-state index in [4.69, 9.17) is 5.73 Å². The van der Waals surface area contributed by atoms with E-state index in [1.165, 1.54) is 16.9 Å². The molecule has 0 bridgehead atoms. The standard InChI is InChI=1S/C9H7BrN4O2/c10-6-1-2-7(14(15)16)8(5-6)13-9(11)3-4-12-13/h1-5H,11H2. The first-order valence-corrected chi connectivity index (χ1v) is 5.12. The van der Waals surface area contributed by atoms with Gasteiger partial charge in [-0.15, -0.1) is 0 Å². The first-order valence-electron chi connectivity index (χ1n) is 4.33. The molecule has 0 radical (unpaired) electrons. The smallest absolute Gasteiger partial charge is 0.295 e. The number of rotatable bonds is 2. The molecule has 1 aromatic carbocycles. The molecule has 0 aliphatic carbocycles. The van der Waals surface area contributed by atoms with Gasteiger partial charge in [-0.25, -0.2) is 4.68 Å². The molecule has 2 N–H and O–H groups in total. The number of hydrogen-bond donors (Lipinski definition) is 1. The second-order valence-corrected chi connectivity index (χ2v) is 3.97. The Kier molecular flexibility index (Phi) is 2.61. The fourth-order valence-corrected chi connectivity index (χ4v) is 1.68. The van der Waals surface area contributed by atoms with E-state index >= 15 is 0 Å². The third-order valence-electron chi connectivity index (χ3n) is 2.03. The summed E-state index contributed by atoms with van der Waals surface area (Å²) in [4.78, 5) is 10.4. The minimum absolute atomic E-state index is 0.0430. The molecule has 16 heavy (non-hydrogen) atoms. The maximum atomic E-state index is 10.8. The average Bonchev–Trinajstić information content (AvgIpc) is 2.63. The van der Waals surface area contributed by atoms with Gasteiger partial charge in [-0.2, -0.15) is 5.10 Å². The van der Waals surface area contributed by atoms with E-state index in [1.54, 1.807) is 18.2 Å². The van der Waals surface area contributed by atoms with Crippen molar-refractivity contribution in [2.75, 3.05) is 5.73 Å². The van der Waals surface area contributed by atoms with Gasteiger partial charge in [0.1, 0.15) is 11.5 Å². The van der Waals surface area contributed by atoms with Crippen LogP contribution in [-0.2, 0) is 0 Å². The molecular weight excluding hydrogens is 276 g/mol. The molecule has 0 spiro atoms. The van der Waals surface area contributed by atoms with Crippen molar-refractivity contribution in [2.45, 2.75) is 0 Å². The zero-order chi connectivity index (χ0) is 11.7. The molecule has 7 heteroatoms. The Labute approximate surface area is 99.0 Å². The fourth-order valence-electron chi connectivity index (χ4n) is 1.34. The van der Waals surface area contributed by atoms with Gasteiger partial charge >= 0.3 is 0 Å². The van der Waals surface area contributed by atoms with E-state index in [1.807, 2.05) is 0 Å². The Bertz CT molecular complexity index is 552. The van der Waals surface area contributed by atoms with Gasteiger partial charge in [-0.3, -0.25) is 10.1 Å². The predicted molar refractivity (Wildman–Crippen MR) is 62.3 cm³/mol. The number of nitrogen functional groups attached to an aromatic ring is 1. The number of nitrogens with two attached hydrogens (primary N) is 1. The normalized spacial score (nSPS) is 10.3. The van der Waals surface area contributed by atoms with Crippen LogP contribution in [0.25, 0.3) is 5.69 Å². The lowest BCUT2D eigenvalue weighted by Crippen LogP contribution is -2.04. The lowest BCUT2D eigenvalue weighted by molar-refractivity contribution is -0.384. The average molecular weight is 283 g/mol. The Hall–Kier alpha value is -1.89. The van der Waals surface area contributed by atoms with Crippen molar-refractivity contribution < 1.29 is 4.92 Å². The molecule has 0 saturated heterocycles. The van der Waals surface area contributed by atoms with Gasteiger partial charge in [0, 0.05) is 16.6 Å². The van der Waals surface area contributed by atoms with Gasteiger partial charge in [-0.1, -0.05) is 15.9 Å². The van der Waals surface area contributed by atoms with Crippen LogP contribution in [0.2, 0.25) is 0 Å². The minimum atomic E-state index is -0.469. The largest absolute Gasteiger partial charge is 0.384 e. The Morgan fingerprint density at radius 2 is 2.19 bits per heavy atom. The number of nitrogens with zero attached hydrogens (tertiary/aromatic N) is 3. The molecule has 0 aliphatic heterocycles. The maximum Gasteiger partial charge on any atom is 0.295 e. The van der Waals surface area contributed by atoms with Gasteiger partial charge in [-0.05, 0) is 12.1 Å². The molecule has 2 rings (SSSR count). The summed E-state index contributed by atoms with van der Waals surface area (Å²) in [5.74, 6) is 0.348. The second-order valence-electron chi connectivity index (χ2n) is 3.06. The van der Waals surface area contributed by atoms with Crippen molar-refractivity contribution in [3.8, 4) is 5.69 Å². The van der Waals surface area contributed by atoms with Gasteiger partial charge < -0.3 is 5.73 Å². The molecule has 2 aromatic rings. The van der Waals surface area contributed by atoms with Crippen LogP contribution in [0.1, 0.15) is 0 Å². The molecule has 0 aliphatic rings. The van der Waals surface area contributed by atoms with Crippen molar-refractivity contribution in [1.29, 1.82) is 0 Å². The zero-order valence-corrected chi connectivity index (χ0v) is 9.59. The van der Waals surface area contributed by atoms with Crippen LogP contribution in [0.4, 0.5) is 11.5 Å². The highest BCUT2D eigenvalue weighted by atomic mass is 79.9. The van der Waals surface area contributed by atoms with Gasteiger partial charge in [0.2, 0.25) is 0 Å². The molecule has 0 fully saturated rings. The highest BCUT2D eigenvalue weighted by Gasteiger charge is 2.17. The van der Waals surface area contributed by atoms with Crippen molar-refractivity contribution in [3.05, 3.63) is 45.0 Å². The first kappa shape index (κ1) is 10.6. The van der Waals surface area contributed by atoms with Crippen LogP contribution in [-0.4, -0.2) is 14.7 Å². The number of benzene rings is 1. The van der Waals surface area contributed by atoms with Crippen LogP contribution in [0.15, 0.2) is 34.9 Å². The van der Waals surface area contributed by atoms with E-state index in [0.29, 0.717) is 11.5 Å². The van der Waals surface area contributed by atoms with E-state index in [9.17, 15) is 10.1 Å². The number of nitro benzene ring substituents is 1. The summed E-state index contributed by atoms with van der Waals surface area (Å²) in [6, 6.07) is 6.17. The Morgan fingerprint density at radius 3 is 2.75 bits per heavy atom. The summed E-state index contributed by atoms with van der Waals surface area (Å²) >= 11 is 3.25. The molecule has 0 amide bonds. The number of halogens is 1. The highest BCUT2D eigenvalue weighted by molar-refractivity contribution is 9.10. The zero-order valence-electron chi connectivity index (χ0n) is 8.00.